The molecule has 0 spiro atoms. The molecule has 5 nitrogen and oxygen atoms in total. The lowest BCUT2D eigenvalue weighted by Gasteiger charge is -2.14. The zero-order valence-electron chi connectivity index (χ0n) is 11.2. The summed E-state index contributed by atoms with van der Waals surface area (Å²) in [5, 5.41) is 11.2. The monoisotopic (exact) mass is 307 g/mol. The fourth-order valence-corrected chi connectivity index (χ4v) is 3.04. The minimum absolute atomic E-state index is 0.160. The summed E-state index contributed by atoms with van der Waals surface area (Å²) in [5.41, 5.74) is 5.70. The molecule has 0 aliphatic rings. The summed E-state index contributed by atoms with van der Waals surface area (Å²) in [7, 11) is 0. The summed E-state index contributed by atoms with van der Waals surface area (Å²) >= 11 is 1.13. The van der Waals surface area contributed by atoms with E-state index in [1.54, 1.807) is 0 Å². The molecule has 2 heterocycles. The average Bonchev–Trinajstić information content (AvgIpc) is 2.84. The third-order valence-electron chi connectivity index (χ3n) is 2.89. The first-order chi connectivity index (χ1) is 9.31. The Kier molecular flexibility index (Phi) is 4.28. The van der Waals surface area contributed by atoms with E-state index < -0.39 is 12.0 Å². The van der Waals surface area contributed by atoms with Gasteiger partial charge >= 0.3 is 6.18 Å². The molecule has 20 heavy (non-hydrogen) atoms. The summed E-state index contributed by atoms with van der Waals surface area (Å²) in [4.78, 5) is 0.160. The predicted molar refractivity (Wildman–Crippen MR) is 69.4 cm³/mol. The zero-order chi connectivity index (χ0) is 14.9. The minimum Gasteiger partial charge on any atom is -0.330 e. The fraction of sp³-hybridized carbons (Fsp3) is 0.727. The second kappa shape index (κ2) is 5.65. The third-order valence-corrected chi connectivity index (χ3v) is 3.81. The van der Waals surface area contributed by atoms with Gasteiger partial charge in [0.15, 0.2) is 0 Å². The maximum atomic E-state index is 12.7. The van der Waals surface area contributed by atoms with E-state index in [1.807, 2.05) is 0 Å². The van der Waals surface area contributed by atoms with Gasteiger partial charge in [0.2, 0.25) is 4.96 Å². The molecule has 0 aromatic carbocycles. The van der Waals surface area contributed by atoms with Crippen LogP contribution in [0.1, 0.15) is 31.1 Å². The molecule has 0 fully saturated rings. The van der Waals surface area contributed by atoms with Crippen LogP contribution in [-0.2, 0) is 12.6 Å². The van der Waals surface area contributed by atoms with Crippen molar-refractivity contribution in [2.45, 2.75) is 32.9 Å². The van der Waals surface area contributed by atoms with Crippen molar-refractivity contribution in [3.8, 4) is 0 Å². The van der Waals surface area contributed by atoms with Crippen LogP contribution in [0.4, 0.5) is 13.2 Å². The summed E-state index contributed by atoms with van der Waals surface area (Å²) in [6.07, 6.45) is -3.06. The number of hydrogen-bond donors (Lipinski definition) is 1. The largest absolute Gasteiger partial charge is 0.453 e. The molecular weight excluding hydrogens is 291 g/mol. The molecule has 0 saturated heterocycles. The lowest BCUT2D eigenvalue weighted by Crippen LogP contribution is -2.19. The Bertz CT molecular complexity index is 574. The lowest BCUT2D eigenvalue weighted by atomic mass is 9.95. The van der Waals surface area contributed by atoms with Gasteiger partial charge in [0.05, 0.1) is 0 Å². The van der Waals surface area contributed by atoms with Crippen molar-refractivity contribution in [3.63, 3.8) is 0 Å². The van der Waals surface area contributed by atoms with E-state index >= 15 is 0 Å². The number of nitrogens with zero attached hydrogens (tertiary/aromatic N) is 4. The number of halogens is 3. The number of rotatable bonds is 5. The Morgan fingerprint density at radius 1 is 1.30 bits per heavy atom. The number of fused-ring (bicyclic) bond motifs is 1. The highest BCUT2D eigenvalue weighted by Gasteiger charge is 2.38. The van der Waals surface area contributed by atoms with E-state index in [-0.39, 0.29) is 10.9 Å². The summed E-state index contributed by atoms with van der Waals surface area (Å²) < 4.78 is 38.8. The maximum absolute atomic E-state index is 12.7. The second-order valence-electron chi connectivity index (χ2n) is 5.15. The van der Waals surface area contributed by atoms with Crippen molar-refractivity contribution in [3.05, 3.63) is 10.8 Å². The van der Waals surface area contributed by atoms with E-state index in [0.717, 1.165) is 22.3 Å². The highest BCUT2D eigenvalue weighted by Crippen LogP contribution is 2.29. The molecular formula is C11H16F3N5S. The van der Waals surface area contributed by atoms with E-state index in [4.69, 9.17) is 5.73 Å². The molecule has 0 saturated carbocycles. The van der Waals surface area contributed by atoms with E-state index in [9.17, 15) is 13.2 Å². The standard InChI is InChI=1S/C11H16F3N5S/c1-6(2)3-7(5-15)4-8-18-19-9(11(12,13)14)16-17-10(19)20-8/h6-7H,3-5,15H2,1-2H3. The molecule has 0 aliphatic carbocycles. The molecule has 9 heteroatoms. The Morgan fingerprint density at radius 2 is 2.00 bits per heavy atom. The van der Waals surface area contributed by atoms with Crippen LogP contribution in [0.15, 0.2) is 0 Å². The van der Waals surface area contributed by atoms with Gasteiger partial charge in [-0.05, 0) is 24.8 Å². The van der Waals surface area contributed by atoms with Crippen molar-refractivity contribution in [1.29, 1.82) is 0 Å². The Balaban J connectivity index is 2.22. The quantitative estimate of drug-likeness (QED) is 0.920. The minimum atomic E-state index is -4.55. The third kappa shape index (κ3) is 3.26. The SMILES string of the molecule is CC(C)CC(CN)Cc1nn2c(C(F)(F)F)nnc2s1. The Labute approximate surface area is 118 Å². The zero-order valence-corrected chi connectivity index (χ0v) is 12.0. The van der Waals surface area contributed by atoms with Crippen molar-refractivity contribution in [1.82, 2.24) is 19.8 Å². The van der Waals surface area contributed by atoms with Gasteiger partial charge in [0.25, 0.3) is 5.82 Å². The number of aromatic nitrogens is 4. The van der Waals surface area contributed by atoms with Crippen LogP contribution in [0.2, 0.25) is 0 Å². The second-order valence-corrected chi connectivity index (χ2v) is 6.19. The van der Waals surface area contributed by atoms with Crippen molar-refractivity contribution < 1.29 is 13.2 Å². The van der Waals surface area contributed by atoms with Crippen molar-refractivity contribution in [2.24, 2.45) is 17.6 Å². The first-order valence-corrected chi connectivity index (χ1v) is 7.11. The predicted octanol–water partition coefficient (Wildman–Crippen LogP) is 2.37. The van der Waals surface area contributed by atoms with Gasteiger partial charge in [-0.1, -0.05) is 25.2 Å². The highest BCUT2D eigenvalue weighted by atomic mass is 32.1. The molecule has 2 rings (SSSR count). The lowest BCUT2D eigenvalue weighted by molar-refractivity contribution is -0.146. The number of nitrogens with two attached hydrogens (primary N) is 1. The number of alkyl halides is 3. The molecule has 1 atom stereocenters. The fourth-order valence-electron chi connectivity index (χ4n) is 2.09. The van der Waals surface area contributed by atoms with Crippen LogP contribution in [0, 0.1) is 11.8 Å². The average molecular weight is 307 g/mol. The first kappa shape index (κ1) is 15.2. The van der Waals surface area contributed by atoms with Crippen LogP contribution in [0.3, 0.4) is 0 Å². The van der Waals surface area contributed by atoms with E-state index in [2.05, 4.69) is 29.1 Å². The molecule has 0 radical (unpaired) electrons. The highest BCUT2D eigenvalue weighted by molar-refractivity contribution is 7.16. The van der Waals surface area contributed by atoms with Gasteiger partial charge in [-0.2, -0.15) is 22.8 Å². The topological polar surface area (TPSA) is 69.1 Å². The Morgan fingerprint density at radius 3 is 2.55 bits per heavy atom. The van der Waals surface area contributed by atoms with Crippen LogP contribution in [-0.4, -0.2) is 26.4 Å². The van der Waals surface area contributed by atoms with E-state index in [1.165, 1.54) is 0 Å². The first-order valence-electron chi connectivity index (χ1n) is 6.29. The molecule has 2 aromatic heterocycles. The molecule has 112 valence electrons. The molecule has 2 aromatic rings. The van der Waals surface area contributed by atoms with Crippen LogP contribution >= 0.6 is 11.3 Å². The van der Waals surface area contributed by atoms with Gasteiger partial charge in [-0.3, -0.25) is 0 Å². The Hall–Kier alpha value is -1.22. The molecule has 0 aliphatic heterocycles. The summed E-state index contributed by atoms with van der Waals surface area (Å²) in [6.45, 7) is 4.66. The van der Waals surface area contributed by atoms with E-state index in [0.29, 0.717) is 23.9 Å². The van der Waals surface area contributed by atoms with Gasteiger partial charge in [-0.15, -0.1) is 10.2 Å². The number of hydrogen-bond acceptors (Lipinski definition) is 5. The smallest absolute Gasteiger partial charge is 0.330 e. The van der Waals surface area contributed by atoms with Crippen LogP contribution in [0.25, 0.3) is 4.96 Å². The van der Waals surface area contributed by atoms with Gasteiger partial charge in [0, 0.05) is 6.42 Å². The van der Waals surface area contributed by atoms with Gasteiger partial charge < -0.3 is 5.73 Å². The van der Waals surface area contributed by atoms with Crippen LogP contribution < -0.4 is 5.73 Å². The molecule has 1 unspecified atom stereocenters. The maximum Gasteiger partial charge on any atom is 0.453 e. The normalized spacial score (nSPS) is 14.3. The van der Waals surface area contributed by atoms with Crippen molar-refractivity contribution in [2.75, 3.05) is 6.54 Å². The van der Waals surface area contributed by atoms with Gasteiger partial charge in [-0.25, -0.2) is 0 Å². The molecule has 0 amide bonds. The summed E-state index contributed by atoms with van der Waals surface area (Å²) in [6, 6.07) is 0. The van der Waals surface area contributed by atoms with Crippen LogP contribution in [0.5, 0.6) is 0 Å². The summed E-state index contributed by atoms with van der Waals surface area (Å²) in [5.74, 6) is -0.378. The molecule has 0 bridgehead atoms. The van der Waals surface area contributed by atoms with Gasteiger partial charge in [0.1, 0.15) is 5.01 Å². The molecule has 2 N–H and O–H groups in total. The van der Waals surface area contributed by atoms with Crippen molar-refractivity contribution >= 4 is 16.3 Å².